The van der Waals surface area contributed by atoms with Crippen molar-refractivity contribution in [3.05, 3.63) is 108 Å². The first-order valence-corrected chi connectivity index (χ1v) is 9.93. The zero-order valence-electron chi connectivity index (χ0n) is 17.1. The summed E-state index contributed by atoms with van der Waals surface area (Å²) < 4.78 is 0.693. The van der Waals surface area contributed by atoms with Crippen molar-refractivity contribution in [2.45, 2.75) is 0 Å². The van der Waals surface area contributed by atoms with Crippen molar-refractivity contribution >= 4 is 34.9 Å². The summed E-state index contributed by atoms with van der Waals surface area (Å²) in [6.07, 6.45) is 7.52. The third kappa shape index (κ3) is 5.28. The van der Waals surface area contributed by atoms with Gasteiger partial charge >= 0.3 is 0 Å². The molecule has 0 aliphatic rings. The lowest BCUT2D eigenvalue weighted by Gasteiger charge is -2.10. The molecule has 0 radical (unpaired) electrons. The third-order valence-electron chi connectivity index (χ3n) is 4.68. The van der Waals surface area contributed by atoms with Gasteiger partial charge in [0.2, 0.25) is 5.91 Å². The van der Waals surface area contributed by atoms with Crippen molar-refractivity contribution in [3.8, 4) is 11.1 Å². The van der Waals surface area contributed by atoms with E-state index in [4.69, 9.17) is 5.73 Å². The van der Waals surface area contributed by atoms with Crippen LogP contribution in [-0.4, -0.2) is 10.9 Å². The summed E-state index contributed by atoms with van der Waals surface area (Å²) in [6.45, 7) is 0. The number of hydrogen-bond acceptors (Lipinski definition) is 5. The molecule has 0 unspecified atom stereocenters. The highest BCUT2D eigenvalue weighted by Crippen LogP contribution is 2.27. The van der Waals surface area contributed by atoms with Crippen LogP contribution in [-0.2, 0) is 4.79 Å². The summed E-state index contributed by atoms with van der Waals surface area (Å²) in [4.78, 5) is 16.6. The molecule has 1 amide bonds. The van der Waals surface area contributed by atoms with Crippen molar-refractivity contribution in [2.24, 2.45) is 0 Å². The Morgan fingerprint density at radius 1 is 0.938 bits per heavy atom. The number of nitrogen functional groups attached to an aromatic ring is 1. The van der Waals surface area contributed by atoms with Crippen LogP contribution in [0.3, 0.4) is 0 Å². The minimum absolute atomic E-state index is 0.262. The molecule has 2 aromatic carbocycles. The van der Waals surface area contributed by atoms with Gasteiger partial charge in [0.05, 0.1) is 5.69 Å². The van der Waals surface area contributed by atoms with Gasteiger partial charge in [0.15, 0.2) is 18.2 Å². The zero-order valence-corrected chi connectivity index (χ0v) is 17.1. The molecular formula is C25H21N5O2. The van der Waals surface area contributed by atoms with E-state index in [1.165, 1.54) is 18.5 Å². The van der Waals surface area contributed by atoms with Crippen LogP contribution in [0.4, 0.5) is 22.9 Å². The van der Waals surface area contributed by atoms with E-state index in [1.54, 1.807) is 36.5 Å². The van der Waals surface area contributed by atoms with Gasteiger partial charge in [-0.25, -0.2) is 4.98 Å². The first kappa shape index (κ1) is 20.6. The lowest BCUT2D eigenvalue weighted by Crippen LogP contribution is -2.23. The number of amides is 1. The maximum Gasteiger partial charge on any atom is 0.248 e. The molecule has 0 aliphatic heterocycles. The second-order valence-corrected chi connectivity index (χ2v) is 7.04. The Hall–Kier alpha value is -4.65. The number of rotatable bonds is 6. The van der Waals surface area contributed by atoms with E-state index in [9.17, 15) is 10.0 Å². The van der Waals surface area contributed by atoms with Gasteiger partial charge in [-0.05, 0) is 59.2 Å². The first-order chi connectivity index (χ1) is 15.6. The van der Waals surface area contributed by atoms with Gasteiger partial charge in [-0.2, -0.15) is 4.73 Å². The molecule has 2 heterocycles. The van der Waals surface area contributed by atoms with Crippen molar-refractivity contribution in [1.82, 2.24) is 4.98 Å². The molecule has 158 valence electrons. The molecule has 4 N–H and O–H groups in total. The van der Waals surface area contributed by atoms with Crippen molar-refractivity contribution < 1.29 is 9.52 Å². The number of carbonyl (C=O) groups is 1. The molecule has 7 nitrogen and oxygen atoms in total. The first-order valence-electron chi connectivity index (χ1n) is 9.93. The molecule has 0 bridgehead atoms. The summed E-state index contributed by atoms with van der Waals surface area (Å²) in [5.74, 6) is 0.336. The van der Waals surface area contributed by atoms with Crippen LogP contribution in [0.1, 0.15) is 5.56 Å². The van der Waals surface area contributed by atoms with Gasteiger partial charge < -0.3 is 21.6 Å². The van der Waals surface area contributed by atoms with Crippen molar-refractivity contribution in [1.29, 1.82) is 0 Å². The Morgan fingerprint density at radius 2 is 1.62 bits per heavy atom. The largest absolute Gasteiger partial charge is 0.619 e. The Bertz CT molecular complexity index is 1270. The Balaban J connectivity index is 1.47. The van der Waals surface area contributed by atoms with Crippen molar-refractivity contribution in [3.63, 3.8) is 0 Å². The third-order valence-corrected chi connectivity index (χ3v) is 4.68. The van der Waals surface area contributed by atoms with E-state index in [-0.39, 0.29) is 5.91 Å². The van der Waals surface area contributed by atoms with Gasteiger partial charge in [0.25, 0.3) is 0 Å². The minimum Gasteiger partial charge on any atom is -0.619 e. The Labute approximate surface area is 185 Å². The number of hydrogen-bond donors (Lipinski definition) is 3. The molecule has 0 aliphatic carbocycles. The molecule has 7 heteroatoms. The van der Waals surface area contributed by atoms with Gasteiger partial charge in [-0.15, -0.1) is 0 Å². The maximum absolute atomic E-state index is 12.3. The van der Waals surface area contributed by atoms with Crippen molar-refractivity contribution in [2.75, 3.05) is 16.4 Å². The fourth-order valence-corrected chi connectivity index (χ4v) is 3.10. The van der Waals surface area contributed by atoms with E-state index in [0.29, 0.717) is 21.9 Å². The van der Waals surface area contributed by atoms with E-state index in [2.05, 4.69) is 15.6 Å². The lowest BCUT2D eigenvalue weighted by atomic mass is 10.0. The summed E-state index contributed by atoms with van der Waals surface area (Å²) in [5.41, 5.74) is 10.8. The predicted octanol–water partition coefficient (Wildman–Crippen LogP) is 4.36. The van der Waals surface area contributed by atoms with Gasteiger partial charge in [-0.1, -0.05) is 24.3 Å². The summed E-state index contributed by atoms with van der Waals surface area (Å²) in [6, 6.07) is 22.3. The topological polar surface area (TPSA) is 107 Å². The Kier molecular flexibility index (Phi) is 6.08. The van der Waals surface area contributed by atoms with Crippen LogP contribution in [0.15, 0.2) is 97.5 Å². The second kappa shape index (κ2) is 9.44. The average Bonchev–Trinajstić information content (AvgIpc) is 2.81. The van der Waals surface area contributed by atoms with E-state index in [1.807, 2.05) is 48.5 Å². The van der Waals surface area contributed by atoms with Crippen LogP contribution in [0, 0.1) is 5.21 Å². The second-order valence-electron chi connectivity index (χ2n) is 7.04. The molecule has 0 saturated heterocycles. The smallest absolute Gasteiger partial charge is 0.248 e. The standard InChI is InChI=1S/C25H21N5O2/c26-23-8-3-13-27-25(23)29-22-7-2-5-20(17-22)19-4-1-6-21(16-19)28-24(31)10-9-18-11-14-30(32)15-12-18/h1-17H,26H2,(H,27,29)(H,28,31). The van der Waals surface area contributed by atoms with Crippen LogP contribution >= 0.6 is 0 Å². The molecule has 0 spiro atoms. The summed E-state index contributed by atoms with van der Waals surface area (Å²) in [5, 5.41) is 17.2. The SMILES string of the molecule is Nc1cccnc1Nc1cccc(-c2cccc(NC(=O)C=Cc3cc[n+]([O-])cc3)c2)c1. The average molecular weight is 423 g/mol. The number of nitrogens with one attached hydrogen (secondary N) is 2. The maximum atomic E-state index is 12.3. The molecule has 0 saturated carbocycles. The fraction of sp³-hybridized carbons (Fsp3) is 0. The highest BCUT2D eigenvalue weighted by atomic mass is 16.5. The van der Waals surface area contributed by atoms with E-state index < -0.39 is 0 Å². The van der Waals surface area contributed by atoms with E-state index in [0.717, 1.165) is 22.4 Å². The lowest BCUT2D eigenvalue weighted by molar-refractivity contribution is -0.605. The zero-order chi connectivity index (χ0) is 22.3. The number of nitrogens with zero attached hydrogens (tertiary/aromatic N) is 2. The summed E-state index contributed by atoms with van der Waals surface area (Å²) >= 11 is 0. The van der Waals surface area contributed by atoms with Crippen LogP contribution in [0.25, 0.3) is 17.2 Å². The molecule has 32 heavy (non-hydrogen) atoms. The molecule has 4 rings (SSSR count). The molecular weight excluding hydrogens is 402 g/mol. The van der Waals surface area contributed by atoms with Gasteiger partial charge in [-0.3, -0.25) is 4.79 Å². The molecule has 0 fully saturated rings. The number of nitrogens with two attached hydrogens (primary N) is 1. The number of anilines is 4. The fourth-order valence-electron chi connectivity index (χ4n) is 3.10. The number of pyridine rings is 2. The predicted molar refractivity (Wildman–Crippen MR) is 127 cm³/mol. The monoisotopic (exact) mass is 423 g/mol. The quantitative estimate of drug-likeness (QED) is 0.243. The highest BCUT2D eigenvalue weighted by molar-refractivity contribution is 6.02. The van der Waals surface area contributed by atoms with E-state index >= 15 is 0 Å². The highest BCUT2D eigenvalue weighted by Gasteiger charge is 2.05. The minimum atomic E-state index is -0.262. The van der Waals surface area contributed by atoms with Crippen LogP contribution in [0.5, 0.6) is 0 Å². The Morgan fingerprint density at radius 3 is 2.34 bits per heavy atom. The molecule has 2 aromatic heterocycles. The van der Waals surface area contributed by atoms with Gasteiger partial charge in [0, 0.05) is 35.8 Å². The number of carbonyl (C=O) groups excluding carboxylic acids is 1. The number of aromatic nitrogens is 2. The molecule has 0 atom stereocenters. The van der Waals surface area contributed by atoms with Crippen LogP contribution < -0.4 is 21.1 Å². The molecule has 4 aromatic rings. The van der Waals surface area contributed by atoms with Gasteiger partial charge in [0.1, 0.15) is 0 Å². The normalized spacial score (nSPS) is 10.8. The number of benzene rings is 2. The summed E-state index contributed by atoms with van der Waals surface area (Å²) in [7, 11) is 0. The van der Waals surface area contributed by atoms with Crippen LogP contribution in [0.2, 0.25) is 0 Å².